The minimum atomic E-state index is -2.40. The molecule has 27 unspecified atom stereocenters. The lowest BCUT2D eigenvalue weighted by atomic mass is 9.95. The molecule has 1 amide bonds. The van der Waals surface area contributed by atoms with Crippen LogP contribution in [-0.4, -0.2) is 324 Å². The van der Waals surface area contributed by atoms with Crippen LogP contribution in [0.25, 0.3) is 0 Å². The van der Waals surface area contributed by atoms with E-state index in [1.165, 1.54) is 25.8 Å². The zero-order valence-corrected chi connectivity index (χ0v) is 74.1. The number of amides is 1. The van der Waals surface area contributed by atoms with E-state index in [2.05, 4.69) is 0 Å². The van der Waals surface area contributed by atoms with E-state index in [1.54, 1.807) is 0 Å². The molecule has 5 saturated heterocycles. The first-order valence-corrected chi connectivity index (χ1v) is 43.4. The number of hydrogen-bond acceptors (Lipinski definition) is 39. The average molecular weight is 1800 g/mol. The number of hydrogen-bond donors (Lipinski definition) is 7. The van der Waals surface area contributed by atoms with E-state index in [1.807, 2.05) is 6.92 Å². The standard InChI is InChI=1S/C84H135NO40/c1-14-15-37-59(58(110-49(6)90)38-33-29-25-22-24-28-32-36-56(97)35-31-27-23-20-18-16-17-19-21-26-30-34-39-64(99)85(13)45(2)79(104)105)117-80-67(102)66(101)70(61(119-80)42-106-46(3)87)123-82-76(125-84-78(116-55(12)96)75(114-53(10)94)72(112-51(8)92)63(121-84)44-108-48(5)89)69(57(98)41-109-82)122-81-68(103)73(65(100)60(40-86)118-81)124-83-77(115-54(11)95)74(113-52(9)93)71(111-50(7)91)62(120-83)43-107-47(4)88/h45,57-63,65-78,80-84,86,98,100-103H,14-44H2,1-13H3,(H,104,105). The SMILES string of the molecule is CCCCC(OC1OC(COC(C)=O)C(OC2OCC(O)C(OC3OC(CO)C(O)C(OC4OC(COC(C)=O)C(OC(C)=O)C(OC(C)=O)C4OC(C)=O)C3O)C2OC2OC(COC(C)=O)C(OC(C)=O)C(OC(C)=O)C2OC(C)=O)C(O)C1O)C(CCCCCCCCCC(=O)CCCCCCCCCCCCCCC(=O)N(C)C(C)C(=O)O)OC(C)=O. The van der Waals surface area contributed by atoms with Gasteiger partial charge in [0.05, 0.1) is 19.3 Å². The average Bonchev–Trinajstić information content (AvgIpc) is 0.753. The monoisotopic (exact) mass is 1800 g/mol. The molecular formula is C84H135NO40. The number of esters is 10. The quantitative estimate of drug-likeness (QED) is 0.0258. The third-order valence-corrected chi connectivity index (χ3v) is 21.6. The Balaban J connectivity index is 1.36. The minimum absolute atomic E-state index is 0.149. The van der Waals surface area contributed by atoms with Crippen LogP contribution in [0.1, 0.15) is 250 Å². The van der Waals surface area contributed by atoms with Gasteiger partial charge in [-0.1, -0.05) is 116 Å². The molecule has 0 aromatic rings. The summed E-state index contributed by atoms with van der Waals surface area (Å²) < 4.78 is 119. The number of aliphatic carboxylic acids is 1. The predicted molar refractivity (Wildman–Crippen MR) is 425 cm³/mol. The van der Waals surface area contributed by atoms with Gasteiger partial charge in [-0.3, -0.25) is 57.5 Å². The first-order valence-electron chi connectivity index (χ1n) is 43.4. The molecule has 41 nitrogen and oxygen atoms in total. The minimum Gasteiger partial charge on any atom is -0.480 e. The van der Waals surface area contributed by atoms with Gasteiger partial charge in [0.25, 0.3) is 0 Å². The summed E-state index contributed by atoms with van der Waals surface area (Å²) in [7, 11) is 1.52. The van der Waals surface area contributed by atoms with Crippen molar-refractivity contribution in [3.05, 3.63) is 0 Å². The number of aliphatic hydroxyl groups is 6. The third-order valence-electron chi connectivity index (χ3n) is 21.6. The number of rotatable bonds is 55. The molecule has 125 heavy (non-hydrogen) atoms. The van der Waals surface area contributed by atoms with Crippen LogP contribution in [0.2, 0.25) is 0 Å². The molecule has 41 heteroatoms. The van der Waals surface area contributed by atoms with Crippen LogP contribution in [0.15, 0.2) is 0 Å². The molecule has 0 saturated carbocycles. The molecule has 5 aliphatic heterocycles. The van der Waals surface area contributed by atoms with Crippen LogP contribution in [0.4, 0.5) is 0 Å². The molecule has 0 aromatic carbocycles. The molecule has 716 valence electrons. The Morgan fingerprint density at radius 3 is 1.14 bits per heavy atom. The number of carbonyl (C=O) groups excluding carboxylic acids is 12. The van der Waals surface area contributed by atoms with Crippen molar-refractivity contribution in [2.24, 2.45) is 0 Å². The zero-order chi connectivity index (χ0) is 92.7. The van der Waals surface area contributed by atoms with Crippen LogP contribution in [0, 0.1) is 0 Å². The number of Topliss-reactive ketones (excluding diaryl/α,β-unsaturated/α-hetero) is 1. The van der Waals surface area contributed by atoms with Crippen molar-refractivity contribution in [3.63, 3.8) is 0 Å². The Bertz CT molecular complexity index is 3360. The van der Waals surface area contributed by atoms with Crippen LogP contribution in [-0.2, 0) is 157 Å². The molecule has 27 atom stereocenters. The van der Waals surface area contributed by atoms with Crippen molar-refractivity contribution in [2.45, 2.75) is 416 Å². The highest BCUT2D eigenvalue weighted by molar-refractivity contribution is 5.83. The summed E-state index contributed by atoms with van der Waals surface area (Å²) in [5, 5.41) is 81.5. The summed E-state index contributed by atoms with van der Waals surface area (Å²) in [4.78, 5) is 165. The maximum absolute atomic E-state index is 13.2. The molecular weight excluding hydrogens is 1660 g/mol. The van der Waals surface area contributed by atoms with E-state index in [0.29, 0.717) is 38.5 Å². The van der Waals surface area contributed by atoms with E-state index in [-0.39, 0.29) is 24.5 Å². The van der Waals surface area contributed by atoms with Gasteiger partial charge >= 0.3 is 65.7 Å². The highest BCUT2D eigenvalue weighted by Gasteiger charge is 2.60. The van der Waals surface area contributed by atoms with Gasteiger partial charge in [0.15, 0.2) is 68.1 Å². The number of ketones is 1. The maximum Gasteiger partial charge on any atom is 0.326 e. The van der Waals surface area contributed by atoms with Gasteiger partial charge in [-0.15, -0.1) is 0 Å². The summed E-state index contributed by atoms with van der Waals surface area (Å²) in [5.41, 5.74) is 0. The number of ether oxygens (including phenoxy) is 20. The molecule has 5 aliphatic rings. The summed E-state index contributed by atoms with van der Waals surface area (Å²) >= 11 is 0. The molecule has 0 spiro atoms. The van der Waals surface area contributed by atoms with Crippen molar-refractivity contribution < 1.29 is 193 Å². The fraction of sp³-hybridized carbons (Fsp3) is 0.845. The van der Waals surface area contributed by atoms with Crippen LogP contribution >= 0.6 is 0 Å². The molecule has 5 rings (SSSR count). The van der Waals surface area contributed by atoms with Crippen molar-refractivity contribution in [2.75, 3.05) is 40.1 Å². The number of unbranched alkanes of at least 4 members (excludes halogenated alkanes) is 18. The van der Waals surface area contributed by atoms with E-state index < -0.39 is 264 Å². The summed E-state index contributed by atoms with van der Waals surface area (Å²) in [6.45, 7) is 8.99. The van der Waals surface area contributed by atoms with E-state index in [0.717, 1.165) is 178 Å². The Kier molecular flexibility index (Phi) is 48.6. The van der Waals surface area contributed by atoms with Crippen LogP contribution in [0.3, 0.4) is 0 Å². The molecule has 0 aromatic heterocycles. The van der Waals surface area contributed by atoms with Crippen molar-refractivity contribution in [1.82, 2.24) is 4.90 Å². The molecule has 7 N–H and O–H groups in total. The zero-order valence-electron chi connectivity index (χ0n) is 74.1. The van der Waals surface area contributed by atoms with Gasteiger partial charge in [-0.25, -0.2) is 4.79 Å². The van der Waals surface area contributed by atoms with Crippen molar-refractivity contribution in [3.8, 4) is 0 Å². The number of carboxylic acids is 1. The molecule has 0 aliphatic carbocycles. The summed E-state index contributed by atoms with van der Waals surface area (Å²) in [6.07, 6.45) is -29.0. The summed E-state index contributed by atoms with van der Waals surface area (Å²) in [5.74, 6) is -10.6. The van der Waals surface area contributed by atoms with Gasteiger partial charge in [-0.2, -0.15) is 0 Å². The smallest absolute Gasteiger partial charge is 0.326 e. The van der Waals surface area contributed by atoms with Crippen molar-refractivity contribution >= 4 is 77.4 Å². The second kappa shape index (κ2) is 56.2. The lowest BCUT2D eigenvalue weighted by Crippen LogP contribution is -2.68. The number of aliphatic hydroxyl groups excluding tert-OH is 6. The normalized spacial score (nSPS) is 29.9. The first-order chi connectivity index (χ1) is 59.3. The van der Waals surface area contributed by atoms with Gasteiger partial charge in [0, 0.05) is 95.5 Å². The van der Waals surface area contributed by atoms with Gasteiger partial charge in [0.2, 0.25) is 5.91 Å². The van der Waals surface area contributed by atoms with Crippen molar-refractivity contribution in [1.29, 1.82) is 0 Å². The maximum atomic E-state index is 13.2. The Hall–Kier alpha value is -7.33. The summed E-state index contributed by atoms with van der Waals surface area (Å²) in [6, 6.07) is -0.840. The number of nitrogens with zero attached hydrogens (tertiary/aromatic N) is 1. The van der Waals surface area contributed by atoms with Crippen LogP contribution < -0.4 is 0 Å². The number of carbonyl (C=O) groups is 13. The number of carboxylic acid groups (broad SMARTS) is 1. The van der Waals surface area contributed by atoms with Gasteiger partial charge in [-0.05, 0) is 45.4 Å². The molecule has 0 bridgehead atoms. The predicted octanol–water partition coefficient (Wildman–Crippen LogP) is 3.84. The lowest BCUT2D eigenvalue weighted by molar-refractivity contribution is -0.402. The van der Waals surface area contributed by atoms with Crippen LogP contribution in [0.5, 0.6) is 0 Å². The highest BCUT2D eigenvalue weighted by atomic mass is 16.8. The second-order valence-electron chi connectivity index (χ2n) is 32.1. The van der Waals surface area contributed by atoms with Gasteiger partial charge in [0.1, 0.15) is 117 Å². The molecule has 5 heterocycles. The Labute approximate surface area is 728 Å². The Morgan fingerprint density at radius 1 is 0.360 bits per heavy atom. The fourth-order valence-electron chi connectivity index (χ4n) is 15.3. The molecule has 5 fully saturated rings. The lowest BCUT2D eigenvalue weighted by Gasteiger charge is -2.50. The second-order valence-corrected chi connectivity index (χ2v) is 32.1. The van der Waals surface area contributed by atoms with E-state index in [4.69, 9.17) is 99.8 Å². The number of likely N-dealkylation sites (N-methyl/N-ethyl adjacent to an activating group) is 1. The van der Waals surface area contributed by atoms with Gasteiger partial charge < -0.3 is 135 Å². The highest BCUT2D eigenvalue weighted by Crippen LogP contribution is 2.40. The van der Waals surface area contributed by atoms with E-state index >= 15 is 0 Å². The largest absolute Gasteiger partial charge is 0.480 e. The van der Waals surface area contributed by atoms with E-state index in [9.17, 15) is 93.0 Å². The Morgan fingerprint density at radius 2 is 0.728 bits per heavy atom. The third kappa shape index (κ3) is 37.0. The topological polar surface area (TPSA) is 551 Å². The molecule has 0 radical (unpaired) electrons. The first kappa shape index (κ1) is 108. The fourth-order valence-corrected chi connectivity index (χ4v) is 15.3.